The smallest absolute Gasteiger partial charge is 0.279 e. The predicted octanol–water partition coefficient (Wildman–Crippen LogP) is 4.96. The van der Waals surface area contributed by atoms with Gasteiger partial charge in [-0.3, -0.25) is 14.7 Å². The molecular formula is C32H31N5O7S. The van der Waals surface area contributed by atoms with E-state index >= 15 is 0 Å². The highest BCUT2D eigenvalue weighted by Gasteiger charge is 2.30. The van der Waals surface area contributed by atoms with Gasteiger partial charge in [-0.1, -0.05) is 45.4 Å². The summed E-state index contributed by atoms with van der Waals surface area (Å²) in [5.41, 5.74) is 2.35. The molecule has 0 spiro atoms. The lowest BCUT2D eigenvalue weighted by Gasteiger charge is -2.22. The standard InChI is InChI=1S/C32H31N5O7S/c1-4-5-21-14-23(31(38)35-30-24(16-33)17-34-36-30)9-12-26(21)44-29(22-8-13-27-28(15-22)43-18-42-27)32(39)37-45(40,41)25-10-6-20(7-11-25)19(2)3/h6-15,17,19,29H,4-5,18H2,1-3H3,(H,37,39)(H2,34,35,36,38). The molecule has 2 heterocycles. The first-order chi connectivity index (χ1) is 21.6. The van der Waals surface area contributed by atoms with Crippen LogP contribution in [0.5, 0.6) is 17.2 Å². The zero-order valence-electron chi connectivity index (χ0n) is 24.8. The Morgan fingerprint density at radius 3 is 2.49 bits per heavy atom. The van der Waals surface area contributed by atoms with Crippen molar-refractivity contribution < 1.29 is 32.2 Å². The normalized spacial score (nSPS) is 12.8. The van der Waals surface area contributed by atoms with E-state index in [1.165, 1.54) is 24.4 Å². The maximum atomic E-state index is 13.7. The zero-order chi connectivity index (χ0) is 32.1. The molecule has 13 heteroatoms. The number of amides is 2. The number of fused-ring (bicyclic) bond motifs is 1. The molecule has 3 N–H and O–H groups in total. The highest BCUT2D eigenvalue weighted by Crippen LogP contribution is 2.36. The van der Waals surface area contributed by atoms with Gasteiger partial charge in [-0.25, -0.2) is 13.1 Å². The van der Waals surface area contributed by atoms with Gasteiger partial charge in [-0.15, -0.1) is 0 Å². The molecule has 232 valence electrons. The maximum Gasteiger partial charge on any atom is 0.279 e. The van der Waals surface area contributed by atoms with Crippen molar-refractivity contribution in [1.29, 1.82) is 5.26 Å². The van der Waals surface area contributed by atoms with Crippen LogP contribution in [0.25, 0.3) is 0 Å². The van der Waals surface area contributed by atoms with Crippen LogP contribution in [0.3, 0.4) is 0 Å². The Morgan fingerprint density at radius 1 is 1.04 bits per heavy atom. The minimum absolute atomic E-state index is 0.00949. The fraction of sp³-hybridized carbons (Fsp3) is 0.250. The third-order valence-corrected chi connectivity index (χ3v) is 8.47. The molecule has 1 aliphatic heterocycles. The molecule has 1 atom stereocenters. The number of nitriles is 1. The topological polar surface area (TPSA) is 172 Å². The molecule has 0 bridgehead atoms. The lowest BCUT2D eigenvalue weighted by atomic mass is 10.0. The number of nitrogens with one attached hydrogen (secondary N) is 3. The maximum absolute atomic E-state index is 13.7. The van der Waals surface area contributed by atoms with Crippen molar-refractivity contribution in [1.82, 2.24) is 14.9 Å². The number of anilines is 1. The summed E-state index contributed by atoms with van der Waals surface area (Å²) in [6, 6.07) is 17.7. The molecule has 1 unspecified atom stereocenters. The van der Waals surface area contributed by atoms with E-state index in [1.807, 2.05) is 26.8 Å². The average molecular weight is 630 g/mol. The van der Waals surface area contributed by atoms with Crippen molar-refractivity contribution in [2.75, 3.05) is 12.1 Å². The number of H-pyrrole nitrogens is 1. The number of aromatic nitrogens is 2. The van der Waals surface area contributed by atoms with Gasteiger partial charge in [0.25, 0.3) is 21.8 Å². The Bertz CT molecular complexity index is 1880. The van der Waals surface area contributed by atoms with Gasteiger partial charge in [0, 0.05) is 17.3 Å². The second-order valence-electron chi connectivity index (χ2n) is 10.6. The number of carbonyl (C=O) groups excluding carboxylic acids is 2. The minimum Gasteiger partial charge on any atom is -0.475 e. The summed E-state index contributed by atoms with van der Waals surface area (Å²) in [5.74, 6) is 0.0269. The Labute approximate surface area is 260 Å². The van der Waals surface area contributed by atoms with E-state index in [2.05, 4.69) is 20.2 Å². The first-order valence-electron chi connectivity index (χ1n) is 14.2. The van der Waals surface area contributed by atoms with E-state index in [9.17, 15) is 23.3 Å². The number of hydrogen-bond acceptors (Lipinski definition) is 9. The fourth-order valence-electron chi connectivity index (χ4n) is 4.70. The van der Waals surface area contributed by atoms with Gasteiger partial charge < -0.3 is 19.5 Å². The van der Waals surface area contributed by atoms with Crippen LogP contribution in [0.4, 0.5) is 5.82 Å². The van der Waals surface area contributed by atoms with E-state index in [0.717, 1.165) is 5.56 Å². The summed E-state index contributed by atoms with van der Waals surface area (Å²) in [4.78, 5) is 26.6. The molecule has 4 aromatic rings. The number of nitrogens with zero attached hydrogens (tertiary/aromatic N) is 2. The molecule has 0 radical (unpaired) electrons. The molecule has 2 amide bonds. The summed E-state index contributed by atoms with van der Waals surface area (Å²) in [7, 11) is -4.25. The number of benzene rings is 3. The van der Waals surface area contributed by atoms with Gasteiger partial charge >= 0.3 is 0 Å². The number of carbonyl (C=O) groups is 2. The Hall–Kier alpha value is -5.35. The van der Waals surface area contributed by atoms with Crippen LogP contribution in [-0.4, -0.2) is 37.2 Å². The van der Waals surface area contributed by atoms with Crippen LogP contribution in [-0.2, 0) is 21.2 Å². The minimum atomic E-state index is -4.25. The lowest BCUT2D eigenvalue weighted by Crippen LogP contribution is -2.37. The molecule has 45 heavy (non-hydrogen) atoms. The summed E-state index contributed by atoms with van der Waals surface area (Å²) >= 11 is 0. The average Bonchev–Trinajstić information content (AvgIpc) is 3.69. The van der Waals surface area contributed by atoms with Crippen molar-refractivity contribution >= 4 is 27.7 Å². The summed E-state index contributed by atoms with van der Waals surface area (Å²) in [6.07, 6.45) is 1.12. The summed E-state index contributed by atoms with van der Waals surface area (Å²) < 4.78 is 45.8. The molecule has 0 saturated heterocycles. The molecule has 1 aromatic heterocycles. The number of aromatic amines is 1. The van der Waals surface area contributed by atoms with Crippen LogP contribution < -0.4 is 24.2 Å². The van der Waals surface area contributed by atoms with Crippen LogP contribution in [0.1, 0.15) is 71.8 Å². The van der Waals surface area contributed by atoms with Crippen LogP contribution in [0, 0.1) is 11.3 Å². The fourth-order valence-corrected chi connectivity index (χ4v) is 5.69. The zero-order valence-corrected chi connectivity index (χ0v) is 25.6. The van der Waals surface area contributed by atoms with Crippen molar-refractivity contribution in [3.05, 3.63) is 94.7 Å². The molecular weight excluding hydrogens is 598 g/mol. The SMILES string of the molecule is CCCc1cc(C(=O)Nc2n[nH]cc2C#N)ccc1OC(C(=O)NS(=O)(=O)c1ccc(C(C)C)cc1)c1ccc2c(c1)OCO2. The second kappa shape index (κ2) is 13.1. The molecule has 3 aromatic carbocycles. The third-order valence-electron chi connectivity index (χ3n) is 7.11. The lowest BCUT2D eigenvalue weighted by molar-refractivity contribution is -0.126. The highest BCUT2D eigenvalue weighted by atomic mass is 32.2. The van der Waals surface area contributed by atoms with Gasteiger partial charge in [0.15, 0.2) is 17.3 Å². The molecule has 12 nitrogen and oxygen atoms in total. The number of hydrogen-bond donors (Lipinski definition) is 3. The molecule has 0 saturated carbocycles. The van der Waals surface area contributed by atoms with E-state index in [4.69, 9.17) is 14.2 Å². The Morgan fingerprint density at radius 2 is 1.78 bits per heavy atom. The van der Waals surface area contributed by atoms with Gasteiger partial charge in [-0.05, 0) is 65.9 Å². The number of rotatable bonds is 11. The molecule has 5 rings (SSSR count). The van der Waals surface area contributed by atoms with Crippen molar-refractivity contribution in [3.8, 4) is 23.3 Å². The van der Waals surface area contributed by atoms with Crippen molar-refractivity contribution in [2.45, 2.75) is 50.5 Å². The summed E-state index contributed by atoms with van der Waals surface area (Å²) in [6.45, 7) is 5.94. The van der Waals surface area contributed by atoms with Crippen LogP contribution in [0.2, 0.25) is 0 Å². The number of aryl methyl sites for hydroxylation is 1. The quantitative estimate of drug-likeness (QED) is 0.207. The Balaban J connectivity index is 1.45. The van der Waals surface area contributed by atoms with E-state index in [-0.39, 0.29) is 40.3 Å². The van der Waals surface area contributed by atoms with E-state index in [0.29, 0.717) is 35.5 Å². The van der Waals surface area contributed by atoms with Gasteiger partial charge in [0.05, 0.1) is 4.90 Å². The largest absolute Gasteiger partial charge is 0.475 e. The summed E-state index contributed by atoms with van der Waals surface area (Å²) in [5, 5.41) is 18.3. The van der Waals surface area contributed by atoms with Gasteiger partial charge in [-0.2, -0.15) is 10.4 Å². The number of ether oxygens (including phenoxy) is 3. The molecule has 0 aliphatic carbocycles. The monoisotopic (exact) mass is 629 g/mol. The first-order valence-corrected chi connectivity index (χ1v) is 15.7. The third kappa shape index (κ3) is 6.91. The predicted molar refractivity (Wildman–Crippen MR) is 163 cm³/mol. The van der Waals surface area contributed by atoms with Crippen LogP contribution in [0.15, 0.2) is 71.8 Å². The van der Waals surface area contributed by atoms with Crippen LogP contribution >= 0.6 is 0 Å². The second-order valence-corrected chi connectivity index (χ2v) is 12.3. The molecule has 1 aliphatic rings. The van der Waals surface area contributed by atoms with Crippen molar-refractivity contribution in [3.63, 3.8) is 0 Å². The van der Waals surface area contributed by atoms with Crippen molar-refractivity contribution in [2.24, 2.45) is 0 Å². The van der Waals surface area contributed by atoms with E-state index in [1.54, 1.807) is 42.5 Å². The van der Waals surface area contributed by atoms with Gasteiger partial charge in [0.1, 0.15) is 17.4 Å². The van der Waals surface area contributed by atoms with Gasteiger partial charge in [0.2, 0.25) is 12.9 Å². The molecule has 0 fully saturated rings. The number of sulfonamides is 1. The first kappa shape index (κ1) is 31.1. The van der Waals surface area contributed by atoms with E-state index < -0.39 is 27.9 Å². The highest BCUT2D eigenvalue weighted by molar-refractivity contribution is 7.90. The Kier molecular flexibility index (Phi) is 9.06.